The summed E-state index contributed by atoms with van der Waals surface area (Å²) in [6.45, 7) is 5.48. The van der Waals surface area contributed by atoms with Crippen molar-refractivity contribution in [1.29, 1.82) is 0 Å². The Bertz CT molecular complexity index is 407. The summed E-state index contributed by atoms with van der Waals surface area (Å²) in [6.07, 6.45) is 5.82. The summed E-state index contributed by atoms with van der Waals surface area (Å²) in [5.74, 6) is 4.09. The van der Waals surface area contributed by atoms with E-state index >= 15 is 0 Å². The molecular formula is C15H21NO2. The highest BCUT2D eigenvalue weighted by Crippen LogP contribution is 2.31. The maximum Gasteiger partial charge on any atom is 0.165 e. The second-order valence-corrected chi connectivity index (χ2v) is 4.29. The molecule has 0 saturated heterocycles. The van der Waals surface area contributed by atoms with E-state index in [0.717, 1.165) is 23.6 Å². The number of methoxy groups -OCH3 is 1. The minimum atomic E-state index is 0.426. The second kappa shape index (κ2) is 7.62. The Morgan fingerprint density at radius 2 is 2.17 bits per heavy atom. The summed E-state index contributed by atoms with van der Waals surface area (Å²) < 4.78 is 11.0. The molecule has 0 saturated carbocycles. The molecule has 0 aliphatic heterocycles. The number of hydrogen-bond acceptors (Lipinski definition) is 3. The van der Waals surface area contributed by atoms with E-state index < -0.39 is 0 Å². The summed E-state index contributed by atoms with van der Waals surface area (Å²) in [7, 11) is 1.64. The maximum atomic E-state index is 5.72. The van der Waals surface area contributed by atoms with Crippen molar-refractivity contribution in [1.82, 2.24) is 5.32 Å². The van der Waals surface area contributed by atoms with Crippen LogP contribution in [0.1, 0.15) is 25.8 Å². The van der Waals surface area contributed by atoms with E-state index in [2.05, 4.69) is 25.1 Å². The third-order valence-corrected chi connectivity index (χ3v) is 2.47. The molecule has 0 unspecified atom stereocenters. The van der Waals surface area contributed by atoms with Crippen LogP contribution in [0, 0.1) is 12.3 Å². The summed E-state index contributed by atoms with van der Waals surface area (Å²) in [5, 5.41) is 3.37. The molecule has 1 N–H and O–H groups in total. The first-order valence-corrected chi connectivity index (χ1v) is 6.14. The smallest absolute Gasteiger partial charge is 0.165 e. The van der Waals surface area contributed by atoms with Gasteiger partial charge in [-0.05, 0) is 6.07 Å². The fourth-order valence-electron chi connectivity index (χ4n) is 1.55. The first-order chi connectivity index (χ1) is 8.69. The van der Waals surface area contributed by atoms with Gasteiger partial charge >= 0.3 is 0 Å². The predicted octanol–water partition coefficient (Wildman–Crippen LogP) is 2.60. The molecule has 0 aliphatic rings. The van der Waals surface area contributed by atoms with Gasteiger partial charge in [0, 0.05) is 24.6 Å². The number of terminal acetylenes is 1. The number of benzene rings is 1. The number of nitrogens with one attached hydrogen (secondary N) is 1. The van der Waals surface area contributed by atoms with Gasteiger partial charge in [0.05, 0.1) is 13.7 Å². The number of para-hydroxylation sites is 1. The molecule has 3 heteroatoms. The average molecular weight is 247 g/mol. The standard InChI is InChI=1S/C15H21NO2/c1-5-6-10-18-15-13(11-16-12(2)3)8-7-9-14(15)17-4/h1,7-9,12,16H,6,10-11H2,2-4H3. The van der Waals surface area contributed by atoms with Gasteiger partial charge in [-0.15, -0.1) is 12.3 Å². The summed E-state index contributed by atoms with van der Waals surface area (Å²) in [6, 6.07) is 6.31. The van der Waals surface area contributed by atoms with Gasteiger partial charge in [-0.3, -0.25) is 0 Å². The fraction of sp³-hybridized carbons (Fsp3) is 0.467. The molecule has 0 spiro atoms. The van der Waals surface area contributed by atoms with Gasteiger partial charge < -0.3 is 14.8 Å². The van der Waals surface area contributed by atoms with Crippen molar-refractivity contribution in [2.75, 3.05) is 13.7 Å². The Morgan fingerprint density at radius 1 is 1.39 bits per heavy atom. The van der Waals surface area contributed by atoms with Crippen molar-refractivity contribution in [3.63, 3.8) is 0 Å². The topological polar surface area (TPSA) is 30.5 Å². The van der Waals surface area contributed by atoms with E-state index in [0.29, 0.717) is 19.1 Å². The van der Waals surface area contributed by atoms with Crippen LogP contribution in [0.4, 0.5) is 0 Å². The molecule has 18 heavy (non-hydrogen) atoms. The monoisotopic (exact) mass is 247 g/mol. The molecule has 1 aromatic rings. The first-order valence-electron chi connectivity index (χ1n) is 6.14. The lowest BCUT2D eigenvalue weighted by Gasteiger charge is -2.16. The van der Waals surface area contributed by atoms with Gasteiger partial charge in [-0.1, -0.05) is 26.0 Å². The number of hydrogen-bond donors (Lipinski definition) is 1. The molecule has 0 fully saturated rings. The van der Waals surface area contributed by atoms with Crippen LogP contribution in [-0.2, 0) is 6.54 Å². The van der Waals surface area contributed by atoms with Crippen molar-refractivity contribution >= 4 is 0 Å². The lowest BCUT2D eigenvalue weighted by atomic mass is 10.1. The normalized spacial score (nSPS) is 10.2. The second-order valence-electron chi connectivity index (χ2n) is 4.29. The SMILES string of the molecule is C#CCCOc1c(CNC(C)C)cccc1OC. The molecule has 0 amide bonds. The van der Waals surface area contributed by atoms with E-state index in [1.165, 1.54) is 0 Å². The third-order valence-electron chi connectivity index (χ3n) is 2.47. The van der Waals surface area contributed by atoms with Crippen molar-refractivity contribution in [3.8, 4) is 23.8 Å². The fourth-order valence-corrected chi connectivity index (χ4v) is 1.55. The Kier molecular flexibility index (Phi) is 6.10. The lowest BCUT2D eigenvalue weighted by molar-refractivity contribution is 0.297. The molecular weight excluding hydrogens is 226 g/mol. The first kappa shape index (κ1) is 14.4. The van der Waals surface area contributed by atoms with E-state index in [1.54, 1.807) is 7.11 Å². The molecule has 1 aromatic carbocycles. The summed E-state index contributed by atoms with van der Waals surface area (Å²) in [5.41, 5.74) is 1.08. The van der Waals surface area contributed by atoms with E-state index in [9.17, 15) is 0 Å². The van der Waals surface area contributed by atoms with Crippen LogP contribution in [0.2, 0.25) is 0 Å². The largest absolute Gasteiger partial charge is 0.493 e. The van der Waals surface area contributed by atoms with Gasteiger partial charge in [-0.25, -0.2) is 0 Å². The van der Waals surface area contributed by atoms with Crippen LogP contribution >= 0.6 is 0 Å². The highest BCUT2D eigenvalue weighted by Gasteiger charge is 2.10. The van der Waals surface area contributed by atoms with E-state index in [-0.39, 0.29) is 0 Å². The van der Waals surface area contributed by atoms with Crippen LogP contribution in [0.15, 0.2) is 18.2 Å². The molecule has 0 aromatic heterocycles. The van der Waals surface area contributed by atoms with Gasteiger partial charge in [0.1, 0.15) is 0 Å². The zero-order chi connectivity index (χ0) is 13.4. The third kappa shape index (κ3) is 4.31. The zero-order valence-corrected chi connectivity index (χ0v) is 11.3. The lowest BCUT2D eigenvalue weighted by Crippen LogP contribution is -2.22. The van der Waals surface area contributed by atoms with Crippen molar-refractivity contribution in [2.45, 2.75) is 32.9 Å². The summed E-state index contributed by atoms with van der Waals surface area (Å²) >= 11 is 0. The van der Waals surface area contributed by atoms with Crippen molar-refractivity contribution in [2.24, 2.45) is 0 Å². The molecule has 0 bridgehead atoms. The van der Waals surface area contributed by atoms with Gasteiger partial charge in [-0.2, -0.15) is 0 Å². The highest BCUT2D eigenvalue weighted by molar-refractivity contribution is 5.46. The highest BCUT2D eigenvalue weighted by atomic mass is 16.5. The maximum absolute atomic E-state index is 5.72. The van der Waals surface area contributed by atoms with Crippen LogP contribution in [0.25, 0.3) is 0 Å². The molecule has 1 rings (SSSR count). The number of ether oxygens (including phenoxy) is 2. The number of rotatable bonds is 7. The van der Waals surface area contributed by atoms with Crippen molar-refractivity contribution in [3.05, 3.63) is 23.8 Å². The van der Waals surface area contributed by atoms with Crippen LogP contribution in [0.5, 0.6) is 11.5 Å². The minimum absolute atomic E-state index is 0.426. The van der Waals surface area contributed by atoms with Gasteiger partial charge in [0.25, 0.3) is 0 Å². The Balaban J connectivity index is 2.83. The van der Waals surface area contributed by atoms with Crippen molar-refractivity contribution < 1.29 is 9.47 Å². The molecule has 0 heterocycles. The van der Waals surface area contributed by atoms with E-state index in [4.69, 9.17) is 15.9 Å². The molecule has 3 nitrogen and oxygen atoms in total. The van der Waals surface area contributed by atoms with Crippen LogP contribution < -0.4 is 14.8 Å². The Hall–Kier alpha value is -1.66. The Labute approximate surface area is 109 Å². The average Bonchev–Trinajstić information content (AvgIpc) is 2.37. The molecule has 0 radical (unpaired) electrons. The molecule has 98 valence electrons. The summed E-state index contributed by atoms with van der Waals surface area (Å²) in [4.78, 5) is 0. The quantitative estimate of drug-likeness (QED) is 0.593. The van der Waals surface area contributed by atoms with Crippen LogP contribution in [-0.4, -0.2) is 19.8 Å². The van der Waals surface area contributed by atoms with Gasteiger partial charge in [0.15, 0.2) is 11.5 Å². The predicted molar refractivity (Wildman–Crippen MR) is 73.9 cm³/mol. The molecule has 0 atom stereocenters. The van der Waals surface area contributed by atoms with E-state index in [1.807, 2.05) is 18.2 Å². The zero-order valence-electron chi connectivity index (χ0n) is 11.3. The minimum Gasteiger partial charge on any atom is -0.493 e. The Morgan fingerprint density at radius 3 is 2.78 bits per heavy atom. The molecule has 0 aliphatic carbocycles. The van der Waals surface area contributed by atoms with Crippen LogP contribution in [0.3, 0.4) is 0 Å². The van der Waals surface area contributed by atoms with Gasteiger partial charge in [0.2, 0.25) is 0 Å².